The summed E-state index contributed by atoms with van der Waals surface area (Å²) in [5.41, 5.74) is 1.04. The van der Waals surface area contributed by atoms with Crippen molar-refractivity contribution >= 4 is 39.0 Å². The van der Waals surface area contributed by atoms with E-state index in [9.17, 15) is 13.2 Å². The van der Waals surface area contributed by atoms with Crippen LogP contribution in [-0.2, 0) is 26.8 Å². The summed E-state index contributed by atoms with van der Waals surface area (Å²) in [6, 6.07) is 10.0. The summed E-state index contributed by atoms with van der Waals surface area (Å²) in [6.07, 6.45) is -1.06. The Labute approximate surface area is 148 Å². The normalized spacial score (nSPS) is 16.5. The van der Waals surface area contributed by atoms with Gasteiger partial charge in [0.15, 0.2) is 15.9 Å². The van der Waals surface area contributed by atoms with Crippen LogP contribution in [0.2, 0.25) is 10.0 Å². The van der Waals surface area contributed by atoms with E-state index in [4.69, 9.17) is 33.0 Å². The van der Waals surface area contributed by atoms with Gasteiger partial charge in [-0.05, 0) is 11.6 Å². The summed E-state index contributed by atoms with van der Waals surface area (Å²) in [5, 5.41) is 8.82. The zero-order valence-electron chi connectivity index (χ0n) is 12.2. The van der Waals surface area contributed by atoms with Gasteiger partial charge in [0, 0.05) is 12.0 Å². The molecule has 8 heteroatoms. The van der Waals surface area contributed by atoms with Crippen LogP contribution in [0.15, 0.2) is 41.3 Å². The Balaban J connectivity index is 2.02. The van der Waals surface area contributed by atoms with Crippen molar-refractivity contribution in [2.45, 2.75) is 23.2 Å². The molecule has 0 radical (unpaired) electrons. The quantitative estimate of drug-likeness (QED) is 0.870. The Morgan fingerprint density at radius 3 is 2.50 bits per heavy atom. The number of benzene rings is 2. The second-order valence-corrected chi connectivity index (χ2v) is 8.10. The molecule has 1 atom stereocenters. The third kappa shape index (κ3) is 3.09. The highest BCUT2D eigenvalue weighted by atomic mass is 35.5. The predicted molar refractivity (Wildman–Crippen MR) is 89.5 cm³/mol. The second-order valence-electron chi connectivity index (χ2n) is 5.38. The zero-order valence-corrected chi connectivity index (χ0v) is 14.5. The standard InChI is InChI=1S/C16H12Cl2O5S/c17-13-12(24(21,22)8-9-4-2-1-3-5-9)7-10-6-11(16(19)20)23-15(10)14(13)18/h1-5,7,11H,6,8H2,(H,19,20). The fraction of sp³-hybridized carbons (Fsp3) is 0.188. The van der Waals surface area contributed by atoms with Crippen molar-refractivity contribution in [3.05, 3.63) is 57.6 Å². The SMILES string of the molecule is O=C(O)C1Cc2cc(S(=O)(=O)Cc3ccccc3)c(Cl)c(Cl)c2O1. The molecular weight excluding hydrogens is 375 g/mol. The summed E-state index contributed by atoms with van der Waals surface area (Å²) in [6.45, 7) is 0. The number of hydrogen-bond acceptors (Lipinski definition) is 4. The summed E-state index contributed by atoms with van der Waals surface area (Å²) >= 11 is 12.2. The van der Waals surface area contributed by atoms with Crippen LogP contribution in [0.4, 0.5) is 0 Å². The van der Waals surface area contributed by atoms with Crippen LogP contribution in [0.25, 0.3) is 0 Å². The first-order valence-corrected chi connectivity index (χ1v) is 9.37. The van der Waals surface area contributed by atoms with Gasteiger partial charge in [-0.25, -0.2) is 13.2 Å². The maximum Gasteiger partial charge on any atom is 0.345 e. The van der Waals surface area contributed by atoms with Crippen molar-refractivity contribution in [1.29, 1.82) is 0 Å². The maximum atomic E-state index is 12.7. The van der Waals surface area contributed by atoms with Crippen LogP contribution in [0.3, 0.4) is 0 Å². The molecular formula is C16H12Cl2O5S. The zero-order chi connectivity index (χ0) is 17.5. The van der Waals surface area contributed by atoms with Crippen LogP contribution in [0, 0.1) is 0 Å². The molecule has 1 heterocycles. The predicted octanol–water partition coefficient (Wildman–Crippen LogP) is 3.36. The van der Waals surface area contributed by atoms with E-state index in [-0.39, 0.29) is 32.9 Å². The maximum absolute atomic E-state index is 12.7. The minimum absolute atomic E-state index is 0.0371. The Bertz CT molecular complexity index is 910. The molecule has 1 aliphatic rings. The van der Waals surface area contributed by atoms with Gasteiger partial charge in [-0.3, -0.25) is 0 Å². The number of carboxylic acids is 1. The summed E-state index contributed by atoms with van der Waals surface area (Å²) in [5.74, 6) is -1.24. The molecule has 2 aromatic carbocycles. The van der Waals surface area contributed by atoms with Gasteiger partial charge in [-0.1, -0.05) is 53.5 Å². The van der Waals surface area contributed by atoms with Gasteiger partial charge in [0.05, 0.1) is 15.7 Å². The van der Waals surface area contributed by atoms with E-state index < -0.39 is 21.9 Å². The van der Waals surface area contributed by atoms with E-state index in [0.29, 0.717) is 11.1 Å². The number of rotatable bonds is 4. The summed E-state index contributed by atoms with van der Waals surface area (Å²) in [7, 11) is -3.75. The number of fused-ring (bicyclic) bond motifs is 1. The first-order valence-electron chi connectivity index (χ1n) is 6.96. The van der Waals surface area contributed by atoms with Crippen molar-refractivity contribution in [3.8, 4) is 5.75 Å². The van der Waals surface area contributed by atoms with E-state index in [1.807, 2.05) is 0 Å². The first kappa shape index (κ1) is 17.1. The summed E-state index contributed by atoms with van der Waals surface area (Å²) in [4.78, 5) is 11.0. The highest BCUT2D eigenvalue weighted by Crippen LogP contribution is 2.44. The number of sulfone groups is 1. The average molecular weight is 387 g/mol. The molecule has 24 heavy (non-hydrogen) atoms. The van der Waals surface area contributed by atoms with E-state index >= 15 is 0 Å². The molecule has 5 nitrogen and oxygen atoms in total. The van der Waals surface area contributed by atoms with Gasteiger partial charge in [0.25, 0.3) is 0 Å². The van der Waals surface area contributed by atoms with Crippen molar-refractivity contribution in [2.24, 2.45) is 0 Å². The molecule has 1 N–H and O–H groups in total. The monoisotopic (exact) mass is 386 g/mol. The molecule has 0 fully saturated rings. The lowest BCUT2D eigenvalue weighted by molar-refractivity contribution is -0.144. The van der Waals surface area contributed by atoms with Crippen LogP contribution >= 0.6 is 23.2 Å². The Morgan fingerprint density at radius 1 is 1.21 bits per heavy atom. The average Bonchev–Trinajstić information content (AvgIpc) is 2.96. The minimum Gasteiger partial charge on any atom is -0.478 e. The van der Waals surface area contributed by atoms with Gasteiger partial charge in [-0.15, -0.1) is 0 Å². The second kappa shape index (κ2) is 6.27. The van der Waals surface area contributed by atoms with Crippen molar-refractivity contribution in [3.63, 3.8) is 0 Å². The van der Waals surface area contributed by atoms with Crippen LogP contribution < -0.4 is 4.74 Å². The Morgan fingerprint density at radius 2 is 1.88 bits per heavy atom. The van der Waals surface area contributed by atoms with E-state index in [2.05, 4.69) is 0 Å². The molecule has 0 bridgehead atoms. The molecule has 0 aromatic heterocycles. The molecule has 1 unspecified atom stereocenters. The van der Waals surface area contributed by atoms with Crippen molar-refractivity contribution in [1.82, 2.24) is 0 Å². The molecule has 2 aromatic rings. The molecule has 126 valence electrons. The van der Waals surface area contributed by atoms with Crippen molar-refractivity contribution < 1.29 is 23.1 Å². The smallest absolute Gasteiger partial charge is 0.345 e. The number of carboxylic acid groups (broad SMARTS) is 1. The highest BCUT2D eigenvalue weighted by Gasteiger charge is 2.34. The lowest BCUT2D eigenvalue weighted by atomic mass is 10.1. The third-order valence-electron chi connectivity index (χ3n) is 3.68. The Hall–Kier alpha value is -1.76. The van der Waals surface area contributed by atoms with E-state index in [1.54, 1.807) is 30.3 Å². The van der Waals surface area contributed by atoms with Gasteiger partial charge >= 0.3 is 5.97 Å². The highest BCUT2D eigenvalue weighted by molar-refractivity contribution is 7.90. The number of carbonyl (C=O) groups is 1. The lowest BCUT2D eigenvalue weighted by Crippen LogP contribution is -2.24. The van der Waals surface area contributed by atoms with Crippen molar-refractivity contribution in [2.75, 3.05) is 0 Å². The van der Waals surface area contributed by atoms with Crippen LogP contribution in [-0.4, -0.2) is 25.6 Å². The van der Waals surface area contributed by atoms with Gasteiger partial charge in [0.1, 0.15) is 10.8 Å². The molecule has 3 rings (SSSR count). The van der Waals surface area contributed by atoms with E-state index in [0.717, 1.165) is 0 Å². The van der Waals surface area contributed by atoms with E-state index in [1.165, 1.54) is 6.07 Å². The summed E-state index contributed by atoms with van der Waals surface area (Å²) < 4.78 is 30.6. The van der Waals surface area contributed by atoms with Gasteiger partial charge in [-0.2, -0.15) is 0 Å². The number of hydrogen-bond donors (Lipinski definition) is 1. The molecule has 0 spiro atoms. The van der Waals surface area contributed by atoms with Gasteiger partial charge in [0.2, 0.25) is 0 Å². The number of halogens is 2. The molecule has 0 aliphatic carbocycles. The number of ether oxygens (including phenoxy) is 1. The number of aliphatic carboxylic acids is 1. The lowest BCUT2D eigenvalue weighted by Gasteiger charge is -2.11. The molecule has 0 amide bonds. The Kier molecular flexibility index (Phi) is 4.46. The van der Waals surface area contributed by atoms with Gasteiger partial charge < -0.3 is 9.84 Å². The third-order valence-corrected chi connectivity index (χ3v) is 6.35. The first-order chi connectivity index (χ1) is 11.3. The fourth-order valence-electron chi connectivity index (χ4n) is 2.53. The van der Waals surface area contributed by atoms with Crippen LogP contribution in [0.1, 0.15) is 11.1 Å². The molecule has 1 aliphatic heterocycles. The largest absolute Gasteiger partial charge is 0.478 e. The van der Waals surface area contributed by atoms with Crippen LogP contribution in [0.5, 0.6) is 5.75 Å². The minimum atomic E-state index is -3.75. The molecule has 0 saturated heterocycles. The topological polar surface area (TPSA) is 80.7 Å². The fourth-order valence-corrected chi connectivity index (χ4v) is 4.83. The molecule has 0 saturated carbocycles.